The Bertz CT molecular complexity index is 873. The highest BCUT2D eigenvalue weighted by Crippen LogP contribution is 2.27. The number of aliphatic hydroxyl groups excluding tert-OH is 1. The molecule has 3 aromatic rings. The van der Waals surface area contributed by atoms with E-state index >= 15 is 0 Å². The standard InChI is InChI=1S/C19H25N5OS/c1-19(2,3)17-21-14-15(23-18(26-4)24-16(14)22-17)20-13(11-25)10-12-8-6-5-7-9-12/h5-9,13,25H,10-11H2,1-4H3,(H2,20,21,22,23,24)/t13-/m1/s1. The van der Waals surface area contributed by atoms with Gasteiger partial charge < -0.3 is 15.4 Å². The number of anilines is 1. The summed E-state index contributed by atoms with van der Waals surface area (Å²) in [5.74, 6) is 1.55. The van der Waals surface area contributed by atoms with Gasteiger partial charge in [-0.15, -0.1) is 0 Å². The highest BCUT2D eigenvalue weighted by atomic mass is 32.2. The van der Waals surface area contributed by atoms with Gasteiger partial charge in [0.25, 0.3) is 0 Å². The highest BCUT2D eigenvalue weighted by molar-refractivity contribution is 7.98. The number of imidazole rings is 1. The van der Waals surface area contributed by atoms with Crippen molar-refractivity contribution >= 4 is 28.7 Å². The highest BCUT2D eigenvalue weighted by Gasteiger charge is 2.22. The maximum atomic E-state index is 9.84. The molecule has 0 saturated heterocycles. The van der Waals surface area contributed by atoms with Crippen molar-refractivity contribution in [3.63, 3.8) is 0 Å². The van der Waals surface area contributed by atoms with Gasteiger partial charge in [-0.05, 0) is 18.2 Å². The Morgan fingerprint density at radius 1 is 1.15 bits per heavy atom. The molecule has 0 aliphatic rings. The van der Waals surface area contributed by atoms with Crippen LogP contribution in [0.3, 0.4) is 0 Å². The van der Waals surface area contributed by atoms with E-state index < -0.39 is 0 Å². The van der Waals surface area contributed by atoms with E-state index in [2.05, 4.69) is 58.2 Å². The van der Waals surface area contributed by atoms with Crippen molar-refractivity contribution in [2.45, 2.75) is 43.8 Å². The van der Waals surface area contributed by atoms with E-state index in [4.69, 9.17) is 0 Å². The van der Waals surface area contributed by atoms with Gasteiger partial charge in [0.15, 0.2) is 16.6 Å². The third kappa shape index (κ3) is 4.16. The van der Waals surface area contributed by atoms with E-state index in [1.54, 1.807) is 0 Å². The van der Waals surface area contributed by atoms with Crippen molar-refractivity contribution in [3.05, 3.63) is 41.7 Å². The number of thioether (sulfide) groups is 1. The number of aromatic nitrogens is 4. The molecule has 0 radical (unpaired) electrons. The van der Waals surface area contributed by atoms with E-state index in [0.717, 1.165) is 16.9 Å². The SMILES string of the molecule is CSc1nc(N[C@@H](CO)Cc2ccccc2)c2[nH]c(C(C)(C)C)nc2n1. The summed E-state index contributed by atoms with van der Waals surface area (Å²) in [5, 5.41) is 13.9. The second kappa shape index (κ2) is 7.63. The summed E-state index contributed by atoms with van der Waals surface area (Å²) in [5.41, 5.74) is 2.47. The lowest BCUT2D eigenvalue weighted by Gasteiger charge is -2.18. The Morgan fingerprint density at radius 3 is 2.50 bits per heavy atom. The molecule has 0 saturated carbocycles. The van der Waals surface area contributed by atoms with Crippen LogP contribution in [0.2, 0.25) is 0 Å². The number of hydrogen-bond acceptors (Lipinski definition) is 6. The second-order valence-corrected chi connectivity index (χ2v) is 8.08. The normalized spacial score (nSPS) is 13.1. The third-order valence-electron chi connectivity index (χ3n) is 4.11. The topological polar surface area (TPSA) is 86.7 Å². The molecular formula is C19H25N5OS. The van der Waals surface area contributed by atoms with Crippen molar-refractivity contribution in [1.29, 1.82) is 0 Å². The van der Waals surface area contributed by atoms with Gasteiger partial charge in [0.1, 0.15) is 11.3 Å². The van der Waals surface area contributed by atoms with Gasteiger partial charge in [0.05, 0.1) is 12.6 Å². The van der Waals surface area contributed by atoms with E-state index in [9.17, 15) is 5.11 Å². The maximum Gasteiger partial charge on any atom is 0.191 e. The van der Waals surface area contributed by atoms with E-state index in [1.807, 2.05) is 24.5 Å². The van der Waals surface area contributed by atoms with E-state index in [-0.39, 0.29) is 18.1 Å². The number of H-pyrrole nitrogens is 1. The Balaban J connectivity index is 1.95. The fourth-order valence-corrected chi connectivity index (χ4v) is 3.04. The number of aromatic amines is 1. The van der Waals surface area contributed by atoms with Crippen LogP contribution in [-0.4, -0.2) is 43.9 Å². The number of rotatable bonds is 6. The summed E-state index contributed by atoms with van der Waals surface area (Å²) < 4.78 is 0. The fourth-order valence-electron chi connectivity index (χ4n) is 2.68. The van der Waals surface area contributed by atoms with Gasteiger partial charge in [-0.2, -0.15) is 0 Å². The van der Waals surface area contributed by atoms with Gasteiger partial charge >= 0.3 is 0 Å². The van der Waals surface area contributed by atoms with Gasteiger partial charge in [-0.1, -0.05) is 62.9 Å². The molecule has 7 heteroatoms. The average molecular weight is 372 g/mol. The quantitative estimate of drug-likeness (QED) is 0.455. The minimum Gasteiger partial charge on any atom is -0.394 e. The molecule has 2 aromatic heterocycles. The Hall–Kier alpha value is -2.12. The average Bonchev–Trinajstić information content (AvgIpc) is 3.06. The summed E-state index contributed by atoms with van der Waals surface area (Å²) in [6.45, 7) is 6.32. The van der Waals surface area contributed by atoms with Gasteiger partial charge in [0.2, 0.25) is 0 Å². The molecule has 6 nitrogen and oxygen atoms in total. The van der Waals surface area contributed by atoms with E-state index in [0.29, 0.717) is 23.0 Å². The number of nitrogens with one attached hydrogen (secondary N) is 2. The molecule has 0 aliphatic heterocycles. The Labute approximate surface area is 157 Å². The molecule has 138 valence electrons. The molecule has 0 fully saturated rings. The number of benzene rings is 1. The first-order chi connectivity index (χ1) is 12.4. The zero-order valence-electron chi connectivity index (χ0n) is 15.6. The van der Waals surface area contributed by atoms with Gasteiger partial charge in [-0.3, -0.25) is 0 Å². The zero-order valence-corrected chi connectivity index (χ0v) is 16.4. The molecule has 26 heavy (non-hydrogen) atoms. The largest absolute Gasteiger partial charge is 0.394 e. The summed E-state index contributed by atoms with van der Waals surface area (Å²) >= 11 is 1.47. The van der Waals surface area contributed by atoms with Crippen molar-refractivity contribution in [2.75, 3.05) is 18.2 Å². The van der Waals surface area contributed by atoms with Gasteiger partial charge in [-0.25, -0.2) is 15.0 Å². The van der Waals surface area contributed by atoms with Crippen LogP contribution < -0.4 is 5.32 Å². The first-order valence-corrected chi connectivity index (χ1v) is 9.86. The van der Waals surface area contributed by atoms with Crippen LogP contribution >= 0.6 is 11.8 Å². The number of aliphatic hydroxyl groups is 1. The van der Waals surface area contributed by atoms with Crippen LogP contribution in [0.5, 0.6) is 0 Å². The fraction of sp³-hybridized carbons (Fsp3) is 0.421. The van der Waals surface area contributed by atoms with Crippen molar-refractivity contribution < 1.29 is 5.11 Å². The lowest BCUT2D eigenvalue weighted by atomic mass is 9.96. The smallest absolute Gasteiger partial charge is 0.191 e. The second-order valence-electron chi connectivity index (χ2n) is 7.31. The number of fused-ring (bicyclic) bond motifs is 1. The first-order valence-electron chi connectivity index (χ1n) is 8.64. The molecule has 2 heterocycles. The van der Waals surface area contributed by atoms with Crippen LogP contribution in [0.25, 0.3) is 11.2 Å². The lowest BCUT2D eigenvalue weighted by Crippen LogP contribution is -2.27. The lowest BCUT2D eigenvalue weighted by molar-refractivity contribution is 0.273. The summed E-state index contributed by atoms with van der Waals surface area (Å²) in [7, 11) is 0. The summed E-state index contributed by atoms with van der Waals surface area (Å²) in [4.78, 5) is 17.1. The first kappa shape index (κ1) is 18.7. The molecule has 3 rings (SSSR count). The minimum atomic E-state index is -0.147. The van der Waals surface area contributed by atoms with E-state index in [1.165, 1.54) is 11.8 Å². The Kier molecular flexibility index (Phi) is 5.48. The maximum absolute atomic E-state index is 9.84. The van der Waals surface area contributed by atoms with Gasteiger partial charge in [0, 0.05) is 5.41 Å². The summed E-state index contributed by atoms with van der Waals surface area (Å²) in [6.07, 6.45) is 2.65. The molecule has 0 unspecified atom stereocenters. The van der Waals surface area contributed by atoms with Crippen molar-refractivity contribution in [2.24, 2.45) is 0 Å². The number of nitrogens with zero attached hydrogens (tertiary/aromatic N) is 3. The zero-order chi connectivity index (χ0) is 18.7. The van der Waals surface area contributed by atoms with Crippen LogP contribution in [0.4, 0.5) is 5.82 Å². The minimum absolute atomic E-state index is 0.00918. The molecule has 0 aliphatic carbocycles. The van der Waals surface area contributed by atoms with Crippen LogP contribution in [0.15, 0.2) is 35.5 Å². The Morgan fingerprint density at radius 2 is 1.88 bits per heavy atom. The monoisotopic (exact) mass is 371 g/mol. The number of hydrogen-bond donors (Lipinski definition) is 3. The molecule has 1 aromatic carbocycles. The molecule has 0 bridgehead atoms. The molecular weight excluding hydrogens is 346 g/mol. The van der Waals surface area contributed by atoms with Crippen LogP contribution in [-0.2, 0) is 11.8 Å². The molecule has 0 spiro atoms. The van der Waals surface area contributed by atoms with Crippen LogP contribution in [0, 0.1) is 0 Å². The predicted molar refractivity (Wildman–Crippen MR) is 107 cm³/mol. The third-order valence-corrected chi connectivity index (χ3v) is 4.66. The van der Waals surface area contributed by atoms with Crippen molar-refractivity contribution in [3.8, 4) is 0 Å². The molecule has 0 amide bonds. The molecule has 1 atom stereocenters. The van der Waals surface area contributed by atoms with Crippen LogP contribution in [0.1, 0.15) is 32.2 Å². The predicted octanol–water partition coefficient (Wildman–Crippen LogP) is 3.39. The van der Waals surface area contributed by atoms with Crippen molar-refractivity contribution in [1.82, 2.24) is 19.9 Å². The molecule has 3 N–H and O–H groups in total. The summed E-state index contributed by atoms with van der Waals surface area (Å²) in [6, 6.07) is 9.96.